The fourth-order valence-corrected chi connectivity index (χ4v) is 3.46. The number of hydrogen-bond donors (Lipinski definition) is 2. The molecule has 3 aromatic rings. The molecule has 0 unspecified atom stereocenters. The summed E-state index contributed by atoms with van der Waals surface area (Å²) in [6.45, 7) is 4.34. The van der Waals surface area contributed by atoms with Crippen LogP contribution < -0.4 is 15.8 Å². The van der Waals surface area contributed by atoms with Crippen molar-refractivity contribution >= 4 is 22.8 Å². The van der Waals surface area contributed by atoms with E-state index in [-0.39, 0.29) is 5.95 Å². The summed E-state index contributed by atoms with van der Waals surface area (Å²) in [5, 5.41) is 7.92. The molecule has 3 rings (SSSR count). The molecule has 162 valence electrons. The van der Waals surface area contributed by atoms with E-state index in [1.807, 2.05) is 4.68 Å². The highest BCUT2D eigenvalue weighted by Crippen LogP contribution is 2.26. The summed E-state index contributed by atoms with van der Waals surface area (Å²) >= 11 is 0. The summed E-state index contributed by atoms with van der Waals surface area (Å²) in [5.41, 5.74) is 9.78. The topological polar surface area (TPSA) is 100 Å². The molecular weight excluding hydrogens is 380 g/mol. The largest absolute Gasteiger partial charge is 0.496 e. The van der Waals surface area contributed by atoms with Gasteiger partial charge in [0.1, 0.15) is 16.8 Å². The summed E-state index contributed by atoms with van der Waals surface area (Å²) in [6, 6.07) is 6.38. The zero-order valence-electron chi connectivity index (χ0n) is 18.1. The average molecular weight is 413 g/mol. The number of methoxy groups -OCH3 is 2. The van der Waals surface area contributed by atoms with Crippen LogP contribution in [0.15, 0.2) is 24.4 Å². The van der Waals surface area contributed by atoms with E-state index in [1.54, 1.807) is 20.4 Å². The van der Waals surface area contributed by atoms with Gasteiger partial charge in [0.15, 0.2) is 5.82 Å². The highest BCUT2D eigenvalue weighted by Gasteiger charge is 2.14. The van der Waals surface area contributed by atoms with Gasteiger partial charge in [-0.1, -0.05) is 25.5 Å². The Hall–Kier alpha value is -2.87. The number of aryl methyl sites for hydroxylation is 1. The average Bonchev–Trinajstić information content (AvgIpc) is 3.14. The number of unbranched alkanes of at least 4 members (excludes halogenated alkanes) is 2. The highest BCUT2D eigenvalue weighted by molar-refractivity contribution is 5.86. The van der Waals surface area contributed by atoms with E-state index in [0.717, 1.165) is 73.4 Å². The third-order valence-corrected chi connectivity index (χ3v) is 5.06. The minimum absolute atomic E-state index is 0.247. The molecule has 0 aliphatic rings. The van der Waals surface area contributed by atoms with Crippen LogP contribution in [-0.4, -0.2) is 47.1 Å². The smallest absolute Gasteiger partial charge is 0.222 e. The molecule has 30 heavy (non-hydrogen) atoms. The van der Waals surface area contributed by atoms with Crippen LogP contribution in [0.25, 0.3) is 11.0 Å². The molecule has 0 saturated heterocycles. The van der Waals surface area contributed by atoms with Gasteiger partial charge in [-0.3, -0.25) is 4.68 Å². The van der Waals surface area contributed by atoms with Crippen LogP contribution in [0.3, 0.4) is 0 Å². The number of anilines is 2. The van der Waals surface area contributed by atoms with Crippen molar-refractivity contribution in [3.05, 3.63) is 35.5 Å². The Morgan fingerprint density at radius 2 is 2.00 bits per heavy atom. The number of benzene rings is 1. The minimum atomic E-state index is 0.247. The third kappa shape index (κ3) is 5.38. The molecule has 0 amide bonds. The van der Waals surface area contributed by atoms with E-state index in [0.29, 0.717) is 6.54 Å². The molecule has 0 fully saturated rings. The number of aromatic nitrogens is 4. The number of ether oxygens (including phenoxy) is 2. The van der Waals surface area contributed by atoms with E-state index in [9.17, 15) is 0 Å². The van der Waals surface area contributed by atoms with Crippen LogP contribution in [-0.2, 0) is 17.7 Å². The summed E-state index contributed by atoms with van der Waals surface area (Å²) in [6.07, 6.45) is 7.03. The Balaban J connectivity index is 1.83. The van der Waals surface area contributed by atoms with Gasteiger partial charge in [0.2, 0.25) is 5.95 Å². The van der Waals surface area contributed by atoms with Gasteiger partial charge in [-0.05, 0) is 37.3 Å². The lowest BCUT2D eigenvalue weighted by molar-refractivity contribution is 0.193. The maximum atomic E-state index is 5.88. The fourth-order valence-electron chi connectivity index (χ4n) is 3.46. The first-order valence-corrected chi connectivity index (χ1v) is 10.5. The maximum Gasteiger partial charge on any atom is 0.222 e. The second-order valence-corrected chi connectivity index (χ2v) is 7.34. The molecule has 8 heteroatoms. The van der Waals surface area contributed by atoms with Gasteiger partial charge < -0.3 is 20.5 Å². The number of nitrogens with one attached hydrogen (secondary N) is 1. The van der Waals surface area contributed by atoms with Crippen LogP contribution in [0.5, 0.6) is 5.75 Å². The van der Waals surface area contributed by atoms with Gasteiger partial charge >= 0.3 is 0 Å². The molecule has 0 spiro atoms. The van der Waals surface area contributed by atoms with Crippen molar-refractivity contribution in [2.45, 2.75) is 45.6 Å². The number of hydrogen-bond acceptors (Lipinski definition) is 7. The van der Waals surface area contributed by atoms with Gasteiger partial charge in [0, 0.05) is 25.8 Å². The Morgan fingerprint density at radius 1 is 1.13 bits per heavy atom. The van der Waals surface area contributed by atoms with Crippen LogP contribution in [0.4, 0.5) is 11.8 Å². The van der Waals surface area contributed by atoms with Crippen LogP contribution in [0, 0.1) is 0 Å². The second kappa shape index (κ2) is 10.8. The fraction of sp³-hybridized carbons (Fsp3) is 0.500. The third-order valence-electron chi connectivity index (χ3n) is 5.06. The van der Waals surface area contributed by atoms with Crippen molar-refractivity contribution < 1.29 is 9.47 Å². The van der Waals surface area contributed by atoms with Gasteiger partial charge in [-0.15, -0.1) is 0 Å². The van der Waals surface area contributed by atoms with Crippen molar-refractivity contribution in [1.82, 2.24) is 19.7 Å². The molecule has 2 aromatic heterocycles. The molecule has 3 N–H and O–H groups in total. The van der Waals surface area contributed by atoms with Crippen LogP contribution >= 0.6 is 0 Å². The minimum Gasteiger partial charge on any atom is -0.496 e. The van der Waals surface area contributed by atoms with Crippen molar-refractivity contribution in [3.63, 3.8) is 0 Å². The lowest BCUT2D eigenvalue weighted by atomic mass is 10.0. The van der Waals surface area contributed by atoms with Gasteiger partial charge in [-0.2, -0.15) is 10.1 Å². The van der Waals surface area contributed by atoms with Crippen molar-refractivity contribution in [2.75, 3.05) is 38.4 Å². The Labute approximate surface area is 177 Å². The van der Waals surface area contributed by atoms with Crippen molar-refractivity contribution in [1.29, 1.82) is 0 Å². The van der Waals surface area contributed by atoms with E-state index in [1.165, 1.54) is 5.56 Å². The number of nitrogens with zero attached hydrogens (tertiary/aromatic N) is 4. The predicted octanol–water partition coefficient (Wildman–Crippen LogP) is 3.65. The van der Waals surface area contributed by atoms with Gasteiger partial charge in [-0.25, -0.2) is 4.98 Å². The monoisotopic (exact) mass is 412 g/mol. The summed E-state index contributed by atoms with van der Waals surface area (Å²) in [4.78, 5) is 8.74. The van der Waals surface area contributed by atoms with E-state index >= 15 is 0 Å². The first-order valence-electron chi connectivity index (χ1n) is 10.5. The first-order chi connectivity index (χ1) is 14.7. The molecule has 0 bridgehead atoms. The Morgan fingerprint density at radius 3 is 2.77 bits per heavy atom. The standard InChI is InChI=1S/C22H32N6O2/c1-4-5-11-24-21-20-18(26-22(23)27-21)14-25-28(20)15-17-10-9-16(13-19(17)30-3)8-6-7-12-29-2/h9-10,13-14H,4-8,11-12,15H2,1-3H3,(H3,23,24,26,27). The van der Waals surface area contributed by atoms with Crippen LogP contribution in [0.1, 0.15) is 43.7 Å². The Bertz CT molecular complexity index is 956. The van der Waals surface area contributed by atoms with E-state index < -0.39 is 0 Å². The molecule has 0 aliphatic carbocycles. The predicted molar refractivity (Wildman–Crippen MR) is 120 cm³/mol. The molecule has 0 aliphatic heterocycles. The molecule has 0 saturated carbocycles. The van der Waals surface area contributed by atoms with Crippen molar-refractivity contribution in [3.8, 4) is 5.75 Å². The number of nitrogen functional groups attached to an aromatic ring is 1. The highest BCUT2D eigenvalue weighted by atomic mass is 16.5. The number of fused-ring (bicyclic) bond motifs is 1. The number of rotatable bonds is 12. The Kier molecular flexibility index (Phi) is 7.84. The zero-order valence-corrected chi connectivity index (χ0v) is 18.1. The van der Waals surface area contributed by atoms with Crippen molar-refractivity contribution in [2.24, 2.45) is 0 Å². The van der Waals surface area contributed by atoms with Crippen LogP contribution in [0.2, 0.25) is 0 Å². The molecular formula is C22H32N6O2. The summed E-state index contributed by atoms with van der Waals surface area (Å²) in [7, 11) is 3.44. The van der Waals surface area contributed by atoms with E-state index in [2.05, 4.69) is 45.5 Å². The molecule has 2 heterocycles. The maximum absolute atomic E-state index is 5.88. The summed E-state index contributed by atoms with van der Waals surface area (Å²) in [5.74, 6) is 1.83. The molecule has 1 aromatic carbocycles. The quantitative estimate of drug-likeness (QED) is 0.438. The zero-order chi connectivity index (χ0) is 21.3. The summed E-state index contributed by atoms with van der Waals surface area (Å²) < 4.78 is 12.7. The SMILES string of the molecule is CCCCNc1nc(N)nc2cnn(Cc3ccc(CCCCOC)cc3OC)c12. The lowest BCUT2D eigenvalue weighted by Crippen LogP contribution is -2.10. The van der Waals surface area contributed by atoms with E-state index in [4.69, 9.17) is 15.2 Å². The molecule has 0 radical (unpaired) electrons. The second-order valence-electron chi connectivity index (χ2n) is 7.34. The van der Waals surface area contributed by atoms with Gasteiger partial charge in [0.25, 0.3) is 0 Å². The molecule has 8 nitrogen and oxygen atoms in total. The molecule has 0 atom stereocenters. The normalized spacial score (nSPS) is 11.2. The lowest BCUT2D eigenvalue weighted by Gasteiger charge is -2.13. The van der Waals surface area contributed by atoms with Gasteiger partial charge in [0.05, 0.1) is 19.9 Å². The first kappa shape index (κ1) is 21.8. The number of nitrogens with two attached hydrogens (primary N) is 1.